The normalized spacial score (nSPS) is 14.2. The van der Waals surface area contributed by atoms with Gasteiger partial charge in [0.15, 0.2) is 0 Å². The molecule has 2 heterocycles. The Morgan fingerprint density at radius 1 is 1.00 bits per heavy atom. The fourth-order valence-electron chi connectivity index (χ4n) is 3.69. The molecule has 4 rings (SSSR count). The van der Waals surface area contributed by atoms with Gasteiger partial charge in [-0.1, -0.05) is 26.0 Å². The number of aromatic nitrogens is 2. The second-order valence-corrected chi connectivity index (χ2v) is 7.10. The minimum atomic E-state index is -0.146. The lowest BCUT2D eigenvalue weighted by Crippen LogP contribution is -2.36. The SMILES string of the molecule is CCc1nc2ccc(C(=O)Nc3ccccc3N3CCOCC3)cc2nc1CC. The van der Waals surface area contributed by atoms with Gasteiger partial charge in [0.1, 0.15) is 0 Å². The van der Waals surface area contributed by atoms with Gasteiger partial charge in [-0.3, -0.25) is 4.79 Å². The van der Waals surface area contributed by atoms with Gasteiger partial charge < -0.3 is 15.0 Å². The van der Waals surface area contributed by atoms with Crippen LogP contribution in [0.15, 0.2) is 42.5 Å². The summed E-state index contributed by atoms with van der Waals surface area (Å²) >= 11 is 0. The summed E-state index contributed by atoms with van der Waals surface area (Å²) in [4.78, 5) is 24.7. The van der Waals surface area contributed by atoms with Gasteiger partial charge in [-0.05, 0) is 43.2 Å². The van der Waals surface area contributed by atoms with Crippen LogP contribution in [0.25, 0.3) is 11.0 Å². The zero-order chi connectivity index (χ0) is 20.2. The summed E-state index contributed by atoms with van der Waals surface area (Å²) in [7, 11) is 0. The molecule has 0 spiro atoms. The predicted octanol–water partition coefficient (Wildman–Crippen LogP) is 3.84. The number of aryl methyl sites for hydroxylation is 2. The number of carbonyl (C=O) groups is 1. The molecule has 2 aromatic carbocycles. The summed E-state index contributed by atoms with van der Waals surface area (Å²) in [5.74, 6) is -0.146. The number of benzene rings is 2. The summed E-state index contributed by atoms with van der Waals surface area (Å²) in [6.07, 6.45) is 1.68. The van der Waals surface area contributed by atoms with Crippen molar-refractivity contribution in [2.24, 2.45) is 0 Å². The van der Waals surface area contributed by atoms with E-state index in [2.05, 4.69) is 24.1 Å². The van der Waals surface area contributed by atoms with Crippen LogP contribution in [0.3, 0.4) is 0 Å². The fourth-order valence-corrected chi connectivity index (χ4v) is 3.69. The molecule has 1 N–H and O–H groups in total. The Bertz CT molecular complexity index is 1030. The molecule has 6 heteroatoms. The molecule has 1 aliphatic rings. The Labute approximate surface area is 170 Å². The van der Waals surface area contributed by atoms with E-state index in [0.29, 0.717) is 18.8 Å². The number of hydrogen-bond donors (Lipinski definition) is 1. The van der Waals surface area contributed by atoms with Crippen LogP contribution in [0.1, 0.15) is 35.6 Å². The van der Waals surface area contributed by atoms with Gasteiger partial charge in [-0.2, -0.15) is 0 Å². The van der Waals surface area contributed by atoms with Crippen molar-refractivity contribution in [1.29, 1.82) is 0 Å². The van der Waals surface area contributed by atoms with E-state index >= 15 is 0 Å². The van der Waals surface area contributed by atoms with Crippen LogP contribution in [0.4, 0.5) is 11.4 Å². The van der Waals surface area contributed by atoms with Gasteiger partial charge >= 0.3 is 0 Å². The number of nitrogens with one attached hydrogen (secondary N) is 1. The van der Waals surface area contributed by atoms with Crippen molar-refractivity contribution < 1.29 is 9.53 Å². The van der Waals surface area contributed by atoms with Crippen LogP contribution in [-0.2, 0) is 17.6 Å². The third-order valence-electron chi connectivity index (χ3n) is 5.26. The number of anilines is 2. The number of nitrogens with zero attached hydrogens (tertiary/aromatic N) is 3. The maximum absolute atomic E-state index is 13.0. The molecule has 3 aromatic rings. The maximum atomic E-state index is 13.0. The standard InChI is InChI=1S/C23H26N4O2/c1-3-17-18(4-2)25-21-15-16(9-10-19(21)24-17)23(28)26-20-7-5-6-8-22(20)27-11-13-29-14-12-27/h5-10,15H,3-4,11-14H2,1-2H3,(H,26,28). The van der Waals surface area contributed by atoms with E-state index < -0.39 is 0 Å². The molecule has 29 heavy (non-hydrogen) atoms. The third kappa shape index (κ3) is 4.07. The summed E-state index contributed by atoms with van der Waals surface area (Å²) in [5, 5.41) is 3.07. The topological polar surface area (TPSA) is 67.4 Å². The lowest BCUT2D eigenvalue weighted by atomic mass is 10.1. The molecule has 0 radical (unpaired) electrons. The molecule has 1 saturated heterocycles. The highest BCUT2D eigenvalue weighted by molar-refractivity contribution is 6.07. The van der Waals surface area contributed by atoms with Crippen molar-refractivity contribution in [2.45, 2.75) is 26.7 Å². The Kier molecular flexibility index (Phi) is 5.71. The molecule has 0 atom stereocenters. The van der Waals surface area contributed by atoms with E-state index in [1.54, 1.807) is 0 Å². The molecule has 0 saturated carbocycles. The summed E-state index contributed by atoms with van der Waals surface area (Å²) in [6.45, 7) is 7.20. The molecule has 1 amide bonds. The summed E-state index contributed by atoms with van der Waals surface area (Å²) < 4.78 is 5.45. The maximum Gasteiger partial charge on any atom is 0.255 e. The molecular weight excluding hydrogens is 364 g/mol. The van der Waals surface area contributed by atoms with Crippen LogP contribution in [0, 0.1) is 0 Å². The van der Waals surface area contributed by atoms with E-state index in [9.17, 15) is 4.79 Å². The zero-order valence-electron chi connectivity index (χ0n) is 16.9. The molecule has 150 valence electrons. The third-order valence-corrected chi connectivity index (χ3v) is 5.26. The van der Waals surface area contributed by atoms with Gasteiger partial charge in [0, 0.05) is 18.7 Å². The molecule has 6 nitrogen and oxygen atoms in total. The van der Waals surface area contributed by atoms with Crippen LogP contribution in [0.2, 0.25) is 0 Å². The van der Waals surface area contributed by atoms with E-state index in [1.807, 2.05) is 42.5 Å². The van der Waals surface area contributed by atoms with Gasteiger partial charge in [-0.15, -0.1) is 0 Å². The number of ether oxygens (including phenoxy) is 1. The van der Waals surface area contributed by atoms with Gasteiger partial charge in [-0.25, -0.2) is 9.97 Å². The highest BCUT2D eigenvalue weighted by Crippen LogP contribution is 2.27. The van der Waals surface area contributed by atoms with Gasteiger partial charge in [0.2, 0.25) is 0 Å². The van der Waals surface area contributed by atoms with Crippen molar-refractivity contribution in [2.75, 3.05) is 36.5 Å². The van der Waals surface area contributed by atoms with E-state index in [1.165, 1.54) is 0 Å². The highest BCUT2D eigenvalue weighted by Gasteiger charge is 2.17. The monoisotopic (exact) mass is 390 g/mol. The fraction of sp³-hybridized carbons (Fsp3) is 0.348. The molecule has 1 aliphatic heterocycles. The van der Waals surface area contributed by atoms with Crippen LogP contribution in [-0.4, -0.2) is 42.2 Å². The second kappa shape index (κ2) is 8.57. The summed E-state index contributed by atoms with van der Waals surface area (Å²) in [6, 6.07) is 13.4. The number of carbonyl (C=O) groups excluding carboxylic acids is 1. The molecular formula is C23H26N4O2. The highest BCUT2D eigenvalue weighted by atomic mass is 16.5. The number of hydrogen-bond acceptors (Lipinski definition) is 5. The van der Waals surface area contributed by atoms with Crippen LogP contribution < -0.4 is 10.2 Å². The first-order valence-electron chi connectivity index (χ1n) is 10.2. The molecule has 0 aliphatic carbocycles. The van der Waals surface area contributed by atoms with E-state index in [4.69, 9.17) is 14.7 Å². The first kappa shape index (κ1) is 19.3. The van der Waals surface area contributed by atoms with Gasteiger partial charge in [0.05, 0.1) is 47.0 Å². The summed E-state index contributed by atoms with van der Waals surface area (Å²) in [5.41, 5.74) is 6.01. The zero-order valence-corrected chi connectivity index (χ0v) is 16.9. The van der Waals surface area contributed by atoms with Crippen LogP contribution in [0.5, 0.6) is 0 Å². The molecule has 0 unspecified atom stereocenters. The largest absolute Gasteiger partial charge is 0.378 e. The van der Waals surface area contributed by atoms with E-state index in [-0.39, 0.29) is 5.91 Å². The molecule has 1 fully saturated rings. The number of para-hydroxylation sites is 2. The van der Waals surface area contributed by atoms with Crippen molar-refractivity contribution in [1.82, 2.24) is 9.97 Å². The number of amides is 1. The Hall–Kier alpha value is -2.99. The molecule has 0 bridgehead atoms. The average Bonchev–Trinajstić information content (AvgIpc) is 2.78. The first-order chi connectivity index (χ1) is 14.2. The Balaban J connectivity index is 1.61. The second-order valence-electron chi connectivity index (χ2n) is 7.10. The smallest absolute Gasteiger partial charge is 0.255 e. The Morgan fingerprint density at radius 3 is 2.41 bits per heavy atom. The number of fused-ring (bicyclic) bond motifs is 1. The predicted molar refractivity (Wildman–Crippen MR) is 116 cm³/mol. The van der Waals surface area contributed by atoms with Crippen molar-refractivity contribution in [3.05, 3.63) is 59.4 Å². The van der Waals surface area contributed by atoms with Crippen molar-refractivity contribution in [3.8, 4) is 0 Å². The lowest BCUT2D eigenvalue weighted by molar-refractivity contribution is 0.102. The minimum Gasteiger partial charge on any atom is -0.378 e. The minimum absolute atomic E-state index is 0.146. The lowest BCUT2D eigenvalue weighted by Gasteiger charge is -2.30. The van der Waals surface area contributed by atoms with Crippen LogP contribution >= 0.6 is 0 Å². The first-order valence-corrected chi connectivity index (χ1v) is 10.2. The van der Waals surface area contributed by atoms with Crippen molar-refractivity contribution >= 4 is 28.3 Å². The van der Waals surface area contributed by atoms with Gasteiger partial charge in [0.25, 0.3) is 5.91 Å². The average molecular weight is 390 g/mol. The Morgan fingerprint density at radius 2 is 1.69 bits per heavy atom. The molecule has 1 aromatic heterocycles. The van der Waals surface area contributed by atoms with E-state index in [0.717, 1.165) is 59.7 Å². The van der Waals surface area contributed by atoms with Crippen molar-refractivity contribution in [3.63, 3.8) is 0 Å². The number of morpholine rings is 1. The number of rotatable bonds is 5. The quantitative estimate of drug-likeness (QED) is 0.717.